The molecule has 6 nitrogen and oxygen atoms in total. The summed E-state index contributed by atoms with van der Waals surface area (Å²) < 4.78 is 0. The zero-order valence-corrected chi connectivity index (χ0v) is 17.7. The lowest BCUT2D eigenvalue weighted by Crippen LogP contribution is -2.31. The summed E-state index contributed by atoms with van der Waals surface area (Å²) in [6.45, 7) is 3.49. The first-order chi connectivity index (χ1) is 12.9. The van der Waals surface area contributed by atoms with Crippen molar-refractivity contribution in [3.05, 3.63) is 39.6 Å². The van der Waals surface area contributed by atoms with E-state index in [2.05, 4.69) is 14.9 Å². The summed E-state index contributed by atoms with van der Waals surface area (Å²) in [4.78, 5) is 23.5. The Morgan fingerprint density at radius 1 is 1.21 bits per heavy atom. The first-order valence-corrected chi connectivity index (χ1v) is 9.75. The van der Waals surface area contributed by atoms with Crippen LogP contribution in [0.5, 0.6) is 0 Å². The number of hydrogen-bond donors (Lipinski definition) is 2. The molecular weight excluding hydrogens is 421 g/mol. The molecule has 4 rings (SSSR count). The Kier molecular flexibility index (Phi) is 6.05. The van der Waals surface area contributed by atoms with Gasteiger partial charge in [0.05, 0.1) is 15.7 Å². The molecule has 0 spiro atoms. The number of anilines is 1. The molecule has 3 atom stereocenters. The van der Waals surface area contributed by atoms with Crippen molar-refractivity contribution in [3.8, 4) is 11.1 Å². The van der Waals surface area contributed by atoms with Gasteiger partial charge in [0.1, 0.15) is 5.69 Å². The maximum absolute atomic E-state index is 12.2. The van der Waals surface area contributed by atoms with Crippen molar-refractivity contribution in [2.75, 3.05) is 18.0 Å². The van der Waals surface area contributed by atoms with Gasteiger partial charge in [0.2, 0.25) is 5.95 Å². The highest BCUT2D eigenvalue weighted by Crippen LogP contribution is 2.40. The third-order valence-electron chi connectivity index (χ3n) is 5.73. The Balaban J connectivity index is 0.00000225. The van der Waals surface area contributed by atoms with Gasteiger partial charge in [0.15, 0.2) is 0 Å². The van der Waals surface area contributed by atoms with Gasteiger partial charge < -0.3 is 16.4 Å². The molecule has 2 aromatic rings. The zero-order chi connectivity index (χ0) is 19.3. The molecule has 1 saturated carbocycles. The molecule has 2 fully saturated rings. The fourth-order valence-electron chi connectivity index (χ4n) is 4.37. The van der Waals surface area contributed by atoms with E-state index in [0.29, 0.717) is 44.7 Å². The van der Waals surface area contributed by atoms with Crippen LogP contribution in [0.2, 0.25) is 10.0 Å². The number of halogens is 3. The summed E-state index contributed by atoms with van der Waals surface area (Å²) in [6, 6.07) is 5.46. The fraction of sp³-hybridized carbons (Fsp3) is 0.421. The van der Waals surface area contributed by atoms with Crippen LogP contribution < -0.4 is 16.4 Å². The van der Waals surface area contributed by atoms with Crippen LogP contribution in [0, 0.1) is 18.8 Å². The molecule has 1 aromatic carbocycles. The van der Waals surface area contributed by atoms with Crippen molar-refractivity contribution in [1.29, 1.82) is 0 Å². The van der Waals surface area contributed by atoms with Gasteiger partial charge in [-0.25, -0.2) is 9.97 Å². The molecule has 1 amide bonds. The van der Waals surface area contributed by atoms with E-state index in [4.69, 9.17) is 34.7 Å². The van der Waals surface area contributed by atoms with Crippen LogP contribution in [0.15, 0.2) is 18.2 Å². The van der Waals surface area contributed by atoms with E-state index < -0.39 is 5.91 Å². The van der Waals surface area contributed by atoms with Gasteiger partial charge in [0.25, 0.3) is 5.91 Å². The largest absolute Gasteiger partial charge is 0.364 e. The Labute approximate surface area is 180 Å². The number of benzene rings is 1. The number of aryl methyl sites for hydroxylation is 1. The first kappa shape index (κ1) is 21.1. The molecule has 9 heteroatoms. The summed E-state index contributed by atoms with van der Waals surface area (Å²) in [6.07, 6.45) is 2.20. The van der Waals surface area contributed by atoms with E-state index in [1.54, 1.807) is 18.2 Å². The number of primary amides is 1. The first-order valence-electron chi connectivity index (χ1n) is 9.00. The van der Waals surface area contributed by atoms with Gasteiger partial charge in [-0.15, -0.1) is 12.4 Å². The molecule has 1 saturated heterocycles. The summed E-state index contributed by atoms with van der Waals surface area (Å²) in [7, 11) is 0. The van der Waals surface area contributed by atoms with Gasteiger partial charge in [-0.3, -0.25) is 4.79 Å². The second-order valence-corrected chi connectivity index (χ2v) is 8.15. The lowest BCUT2D eigenvalue weighted by molar-refractivity contribution is 0.0996. The van der Waals surface area contributed by atoms with Crippen LogP contribution in [0.25, 0.3) is 11.1 Å². The van der Waals surface area contributed by atoms with Crippen molar-refractivity contribution in [2.45, 2.75) is 25.8 Å². The maximum Gasteiger partial charge on any atom is 0.268 e. The molecule has 1 aliphatic carbocycles. The van der Waals surface area contributed by atoms with Crippen molar-refractivity contribution in [3.63, 3.8) is 0 Å². The number of hydrogen-bond acceptors (Lipinski definition) is 5. The zero-order valence-electron chi connectivity index (χ0n) is 15.4. The monoisotopic (exact) mass is 441 g/mol. The lowest BCUT2D eigenvalue weighted by atomic mass is 9.98. The molecule has 1 aliphatic heterocycles. The van der Waals surface area contributed by atoms with Crippen LogP contribution in [0.1, 0.15) is 29.0 Å². The van der Waals surface area contributed by atoms with Crippen molar-refractivity contribution in [2.24, 2.45) is 23.3 Å². The molecule has 2 heterocycles. The number of carbonyl (C=O) groups is 1. The number of nitrogens with zero attached hydrogens (tertiary/aromatic N) is 3. The van der Waals surface area contributed by atoms with E-state index in [9.17, 15) is 4.79 Å². The normalized spacial score (nSPS) is 23.4. The lowest BCUT2D eigenvalue weighted by Gasteiger charge is -2.21. The summed E-state index contributed by atoms with van der Waals surface area (Å²) in [5, 5.41) is 0.747. The summed E-state index contributed by atoms with van der Waals surface area (Å²) in [5.74, 6) is 0.907. The second-order valence-electron chi connectivity index (χ2n) is 7.37. The molecule has 0 bridgehead atoms. The highest BCUT2D eigenvalue weighted by Gasteiger charge is 2.42. The molecular formula is C19H22Cl3N5O. The summed E-state index contributed by atoms with van der Waals surface area (Å²) in [5.41, 5.74) is 13.8. The van der Waals surface area contributed by atoms with Crippen LogP contribution in [0.4, 0.5) is 5.95 Å². The van der Waals surface area contributed by atoms with E-state index in [1.807, 2.05) is 6.92 Å². The fourth-order valence-corrected chi connectivity index (χ4v) is 4.76. The maximum atomic E-state index is 12.2. The topological polar surface area (TPSA) is 98.1 Å². The van der Waals surface area contributed by atoms with Gasteiger partial charge in [-0.2, -0.15) is 0 Å². The number of nitrogens with two attached hydrogens (primary N) is 2. The van der Waals surface area contributed by atoms with Crippen molar-refractivity contribution < 1.29 is 4.79 Å². The SMILES string of the molecule is Cc1nc(N2CC3CCC(N)C3C2)nc(C(N)=O)c1-c1cccc(Cl)c1Cl.Cl. The molecule has 28 heavy (non-hydrogen) atoms. The highest BCUT2D eigenvalue weighted by molar-refractivity contribution is 6.43. The Morgan fingerprint density at radius 3 is 2.64 bits per heavy atom. The number of fused-ring (bicyclic) bond motifs is 1. The van der Waals surface area contributed by atoms with E-state index in [-0.39, 0.29) is 24.1 Å². The molecule has 1 aromatic heterocycles. The standard InChI is InChI=1S/C19H21Cl2N5O.ClH/c1-9-15(11-3-2-4-13(20)16(11)21)17(18(23)27)25-19(24-9)26-7-10-5-6-14(22)12(10)8-26;/h2-4,10,12,14H,5-8,22H2,1H3,(H2,23,27);1H. The van der Waals surface area contributed by atoms with Gasteiger partial charge in [-0.05, 0) is 37.7 Å². The van der Waals surface area contributed by atoms with E-state index >= 15 is 0 Å². The number of carbonyl (C=O) groups excluding carboxylic acids is 1. The molecule has 0 radical (unpaired) electrons. The third-order valence-corrected chi connectivity index (χ3v) is 6.55. The smallest absolute Gasteiger partial charge is 0.268 e. The molecule has 4 N–H and O–H groups in total. The van der Waals surface area contributed by atoms with Gasteiger partial charge in [-0.1, -0.05) is 35.3 Å². The van der Waals surface area contributed by atoms with Crippen LogP contribution in [-0.4, -0.2) is 35.0 Å². The predicted molar refractivity (Wildman–Crippen MR) is 114 cm³/mol. The minimum absolute atomic E-state index is 0. The predicted octanol–water partition coefficient (Wildman–Crippen LogP) is 3.45. The number of rotatable bonds is 3. The van der Waals surface area contributed by atoms with E-state index in [1.165, 1.54) is 0 Å². The Bertz CT molecular complexity index is 923. The Morgan fingerprint density at radius 2 is 1.96 bits per heavy atom. The average molecular weight is 443 g/mol. The Hall–Kier alpha value is -1.60. The summed E-state index contributed by atoms with van der Waals surface area (Å²) >= 11 is 12.5. The molecule has 3 unspecified atom stereocenters. The average Bonchev–Trinajstić information content (AvgIpc) is 3.19. The highest BCUT2D eigenvalue weighted by atomic mass is 35.5. The van der Waals surface area contributed by atoms with E-state index in [0.717, 1.165) is 25.9 Å². The molecule has 150 valence electrons. The third kappa shape index (κ3) is 3.54. The minimum atomic E-state index is -0.621. The quantitative estimate of drug-likeness (QED) is 0.758. The van der Waals surface area contributed by atoms with Crippen molar-refractivity contribution in [1.82, 2.24) is 9.97 Å². The van der Waals surface area contributed by atoms with Crippen LogP contribution in [-0.2, 0) is 0 Å². The van der Waals surface area contributed by atoms with Crippen molar-refractivity contribution >= 4 is 47.5 Å². The number of aromatic nitrogens is 2. The molecule has 2 aliphatic rings. The van der Waals surface area contributed by atoms with Gasteiger partial charge in [0, 0.05) is 30.3 Å². The van der Waals surface area contributed by atoms with Gasteiger partial charge >= 0.3 is 0 Å². The second kappa shape index (κ2) is 8.03. The van der Waals surface area contributed by atoms with Crippen LogP contribution >= 0.6 is 35.6 Å². The minimum Gasteiger partial charge on any atom is -0.364 e. The number of amides is 1. The van der Waals surface area contributed by atoms with Crippen LogP contribution in [0.3, 0.4) is 0 Å².